The van der Waals surface area contributed by atoms with Crippen molar-refractivity contribution in [1.82, 2.24) is 28.9 Å². The quantitative estimate of drug-likeness (QED) is 0.236. The molecule has 3 saturated heterocycles. The Kier molecular flexibility index (Phi) is 9.60. The molecule has 3 unspecified atom stereocenters. The largest absolute Gasteiger partial charge is 0.449 e. The summed E-state index contributed by atoms with van der Waals surface area (Å²) in [5, 5.41) is 15.6. The number of halogens is 2. The Hall–Kier alpha value is -3.67. The molecule has 0 radical (unpaired) electrons. The fourth-order valence-electron chi connectivity index (χ4n) is 8.31. The topological polar surface area (TPSA) is 112 Å². The second kappa shape index (κ2) is 13.8. The van der Waals surface area contributed by atoms with Gasteiger partial charge in [0.2, 0.25) is 10.0 Å². The van der Waals surface area contributed by atoms with Gasteiger partial charge < -0.3 is 14.2 Å². The van der Waals surface area contributed by atoms with Crippen LogP contribution in [-0.4, -0.2) is 89.7 Å². The third kappa shape index (κ3) is 6.48. The lowest BCUT2D eigenvalue weighted by molar-refractivity contribution is 0.161. The number of fused-ring (bicyclic) bond motifs is 2. The van der Waals surface area contributed by atoms with E-state index in [1.807, 2.05) is 13.1 Å². The Balaban J connectivity index is 1.04. The second-order valence-corrected chi connectivity index (χ2v) is 16.6. The lowest BCUT2D eigenvalue weighted by atomic mass is 10.0. The normalized spacial score (nSPS) is 21.2. The number of rotatable bonds is 10. The van der Waals surface area contributed by atoms with Crippen molar-refractivity contribution in [2.45, 2.75) is 63.5 Å². The van der Waals surface area contributed by atoms with E-state index < -0.39 is 15.8 Å². The standard InChI is InChI=1S/C36H44ClFN8O3S/c1-23(43-13-10-29(11-14-43)50(47,48)40-3)19-46-28(17-39)16-30-24(2)25(5-7-32(30)46)20-44-12-9-26-21-45(22-33(26)44)36-35(18-41-42(36)4)49-34-8-6-27(37)15-31(34)38/h5-8,15-16,18,23,26,29,33,40H,9-14,19-22H2,1-4H3. The van der Waals surface area contributed by atoms with Crippen LogP contribution >= 0.6 is 11.6 Å². The van der Waals surface area contributed by atoms with Crippen molar-refractivity contribution in [2.24, 2.45) is 13.0 Å². The summed E-state index contributed by atoms with van der Waals surface area (Å²) < 4.78 is 51.6. The molecule has 3 aliphatic heterocycles. The first kappa shape index (κ1) is 34.8. The molecule has 3 atom stereocenters. The minimum absolute atomic E-state index is 0.112. The maximum atomic E-state index is 14.6. The fourth-order valence-corrected chi connectivity index (χ4v) is 9.64. The van der Waals surface area contributed by atoms with Crippen LogP contribution in [0.3, 0.4) is 0 Å². The highest BCUT2D eigenvalue weighted by atomic mass is 35.5. The van der Waals surface area contributed by atoms with E-state index in [-0.39, 0.29) is 17.0 Å². The van der Waals surface area contributed by atoms with Gasteiger partial charge in [0.05, 0.1) is 11.4 Å². The Morgan fingerprint density at radius 2 is 1.90 bits per heavy atom. The maximum absolute atomic E-state index is 14.6. The number of anilines is 1. The van der Waals surface area contributed by atoms with Crippen molar-refractivity contribution in [3.05, 3.63) is 70.3 Å². The van der Waals surface area contributed by atoms with Gasteiger partial charge in [0, 0.05) is 61.2 Å². The highest BCUT2D eigenvalue weighted by Crippen LogP contribution is 2.40. The zero-order chi connectivity index (χ0) is 35.3. The summed E-state index contributed by atoms with van der Waals surface area (Å²) in [6.45, 7) is 9.91. The Morgan fingerprint density at radius 1 is 1.12 bits per heavy atom. The molecule has 0 aliphatic carbocycles. The first-order valence-corrected chi connectivity index (χ1v) is 19.2. The average Bonchev–Trinajstić information content (AvgIpc) is 3.87. The molecule has 0 spiro atoms. The van der Waals surface area contributed by atoms with E-state index in [0.717, 1.165) is 49.3 Å². The predicted molar refractivity (Wildman–Crippen MR) is 193 cm³/mol. The third-order valence-electron chi connectivity index (χ3n) is 11.2. The smallest absolute Gasteiger partial charge is 0.214 e. The van der Waals surface area contributed by atoms with E-state index in [2.05, 4.69) is 61.1 Å². The molecule has 0 amide bonds. The summed E-state index contributed by atoms with van der Waals surface area (Å²) in [5.41, 5.74) is 4.13. The molecule has 2 aromatic heterocycles. The van der Waals surface area contributed by atoms with Gasteiger partial charge in [0.1, 0.15) is 11.8 Å². The second-order valence-electron chi connectivity index (χ2n) is 14.0. The van der Waals surface area contributed by atoms with Crippen molar-refractivity contribution in [3.8, 4) is 17.6 Å². The number of ether oxygens (including phenoxy) is 1. The van der Waals surface area contributed by atoms with Crippen LogP contribution in [0.5, 0.6) is 11.5 Å². The predicted octanol–water partition coefficient (Wildman–Crippen LogP) is 5.25. The summed E-state index contributed by atoms with van der Waals surface area (Å²) in [4.78, 5) is 7.20. The maximum Gasteiger partial charge on any atom is 0.214 e. The Bertz CT molecular complexity index is 2050. The average molecular weight is 723 g/mol. The molecule has 14 heteroatoms. The molecule has 5 heterocycles. The van der Waals surface area contributed by atoms with Crippen LogP contribution in [0.2, 0.25) is 5.02 Å². The van der Waals surface area contributed by atoms with Crippen LogP contribution in [0.15, 0.2) is 42.6 Å². The van der Waals surface area contributed by atoms with Crippen LogP contribution in [-0.2, 0) is 30.2 Å². The van der Waals surface area contributed by atoms with Crippen molar-refractivity contribution < 1.29 is 17.5 Å². The number of likely N-dealkylation sites (tertiary alicyclic amines) is 2. The van der Waals surface area contributed by atoms with Gasteiger partial charge in [-0.1, -0.05) is 17.7 Å². The van der Waals surface area contributed by atoms with Gasteiger partial charge in [-0.05, 0) is 107 Å². The molecule has 7 rings (SSSR count). The van der Waals surface area contributed by atoms with Crippen LogP contribution in [0.25, 0.3) is 10.9 Å². The van der Waals surface area contributed by atoms with E-state index in [1.165, 1.54) is 30.3 Å². The molecule has 50 heavy (non-hydrogen) atoms. The Morgan fingerprint density at radius 3 is 2.62 bits per heavy atom. The number of piperidine rings is 1. The molecular weight excluding hydrogens is 679 g/mol. The zero-order valence-corrected chi connectivity index (χ0v) is 30.5. The van der Waals surface area contributed by atoms with Gasteiger partial charge in [0.15, 0.2) is 23.1 Å². The zero-order valence-electron chi connectivity index (χ0n) is 28.9. The highest BCUT2D eigenvalue weighted by molar-refractivity contribution is 7.90. The lowest BCUT2D eigenvalue weighted by Gasteiger charge is -2.36. The van der Waals surface area contributed by atoms with Crippen LogP contribution in [0.1, 0.15) is 43.0 Å². The summed E-state index contributed by atoms with van der Waals surface area (Å²) in [7, 11) is 0.0947. The van der Waals surface area contributed by atoms with Crippen molar-refractivity contribution >= 4 is 38.3 Å². The number of nitriles is 1. The number of nitrogens with zero attached hydrogens (tertiary/aromatic N) is 7. The van der Waals surface area contributed by atoms with E-state index in [9.17, 15) is 18.1 Å². The summed E-state index contributed by atoms with van der Waals surface area (Å²) in [6, 6.07) is 13.7. The monoisotopic (exact) mass is 722 g/mol. The minimum Gasteiger partial charge on any atom is -0.449 e. The molecule has 3 aliphatic rings. The van der Waals surface area contributed by atoms with E-state index in [0.29, 0.717) is 60.9 Å². The van der Waals surface area contributed by atoms with Crippen LogP contribution < -0.4 is 14.4 Å². The van der Waals surface area contributed by atoms with E-state index >= 15 is 0 Å². The van der Waals surface area contributed by atoms with Gasteiger partial charge in [0.25, 0.3) is 0 Å². The molecule has 266 valence electrons. The first-order chi connectivity index (χ1) is 24.0. The SMILES string of the molecule is CNS(=O)(=O)C1CCN(C(C)Cn2c(C#N)cc3c(C)c(CN4CCC5CN(c6c(Oc7ccc(Cl)cc7F)cnn6C)CC54)ccc32)CC1. The lowest BCUT2D eigenvalue weighted by Crippen LogP contribution is -2.46. The third-order valence-corrected chi connectivity index (χ3v) is 13.3. The van der Waals surface area contributed by atoms with Gasteiger partial charge in [-0.25, -0.2) is 22.2 Å². The molecule has 0 bridgehead atoms. The first-order valence-electron chi connectivity index (χ1n) is 17.3. The van der Waals surface area contributed by atoms with Gasteiger partial charge >= 0.3 is 0 Å². The number of nitrogens with one attached hydrogen (secondary N) is 1. The molecular formula is C36H44ClFN8O3S. The highest BCUT2D eigenvalue weighted by Gasteiger charge is 2.43. The van der Waals surface area contributed by atoms with Gasteiger partial charge in [-0.15, -0.1) is 0 Å². The van der Waals surface area contributed by atoms with Crippen molar-refractivity contribution in [3.63, 3.8) is 0 Å². The molecule has 0 saturated carbocycles. The number of hydrogen-bond acceptors (Lipinski definition) is 8. The number of sulfonamides is 1. The fraction of sp³-hybridized carbons (Fsp3) is 0.500. The minimum atomic E-state index is -3.27. The summed E-state index contributed by atoms with van der Waals surface area (Å²) >= 11 is 5.94. The van der Waals surface area contributed by atoms with E-state index in [4.69, 9.17) is 16.3 Å². The molecule has 4 aromatic rings. The van der Waals surface area contributed by atoms with Crippen molar-refractivity contribution in [2.75, 3.05) is 44.7 Å². The number of benzene rings is 2. The van der Waals surface area contributed by atoms with Crippen molar-refractivity contribution in [1.29, 1.82) is 5.26 Å². The number of hydrogen-bond donors (Lipinski definition) is 1. The number of aromatic nitrogens is 3. The van der Waals surface area contributed by atoms with E-state index in [1.54, 1.807) is 16.9 Å². The van der Waals surface area contributed by atoms with Crippen LogP contribution in [0, 0.1) is 30.0 Å². The van der Waals surface area contributed by atoms with Gasteiger partial charge in [-0.2, -0.15) is 10.4 Å². The number of aryl methyl sites for hydroxylation is 2. The van der Waals surface area contributed by atoms with Gasteiger partial charge in [-0.3, -0.25) is 9.80 Å². The molecule has 1 N–H and O–H groups in total. The Labute approximate surface area is 298 Å². The van der Waals surface area contributed by atoms with Crippen LogP contribution in [0.4, 0.5) is 10.2 Å². The molecule has 2 aromatic carbocycles. The molecule has 3 fully saturated rings. The summed E-state index contributed by atoms with van der Waals surface area (Å²) in [6.07, 6.45) is 3.93. The molecule has 11 nitrogen and oxygen atoms in total. The summed E-state index contributed by atoms with van der Waals surface area (Å²) in [5.74, 6) is 1.43.